The number of carbonyl (C=O) groups excluding carboxylic acids is 1. The summed E-state index contributed by atoms with van der Waals surface area (Å²) >= 11 is 0. The lowest BCUT2D eigenvalue weighted by molar-refractivity contribution is 0.239. The van der Waals surface area contributed by atoms with E-state index in [0.717, 1.165) is 5.56 Å². The van der Waals surface area contributed by atoms with E-state index in [9.17, 15) is 4.79 Å². The molecule has 0 saturated heterocycles. The van der Waals surface area contributed by atoms with E-state index >= 15 is 0 Å². The van der Waals surface area contributed by atoms with Gasteiger partial charge in [0.2, 0.25) is 0 Å². The van der Waals surface area contributed by atoms with Crippen molar-refractivity contribution in [2.24, 2.45) is 5.73 Å². The third-order valence-corrected chi connectivity index (χ3v) is 3.07. The van der Waals surface area contributed by atoms with E-state index in [1.165, 1.54) is 5.57 Å². The number of hydrogen-bond donors (Lipinski definition) is 3. The number of anilines is 1. The van der Waals surface area contributed by atoms with Gasteiger partial charge in [0.15, 0.2) is 0 Å². The minimum absolute atomic E-state index is 0.545. The van der Waals surface area contributed by atoms with Crippen molar-refractivity contribution in [2.75, 3.05) is 5.73 Å². The van der Waals surface area contributed by atoms with E-state index in [1.54, 1.807) is 0 Å². The fourth-order valence-electron chi connectivity index (χ4n) is 2.33. The van der Waals surface area contributed by atoms with Crippen molar-refractivity contribution in [2.45, 2.75) is 18.9 Å². The van der Waals surface area contributed by atoms with E-state index in [2.05, 4.69) is 5.32 Å². The van der Waals surface area contributed by atoms with Crippen molar-refractivity contribution >= 4 is 11.7 Å². The number of amides is 2. The van der Waals surface area contributed by atoms with Gasteiger partial charge in [-0.1, -0.05) is 35.9 Å². The highest BCUT2D eigenvalue weighted by molar-refractivity contribution is 5.74. The van der Waals surface area contributed by atoms with Crippen LogP contribution in [0.1, 0.15) is 18.9 Å². The Hall–Kier alpha value is -2.23. The molecule has 1 aliphatic rings. The first kappa shape index (κ1) is 12.2. The third-order valence-electron chi connectivity index (χ3n) is 3.07. The maximum atomic E-state index is 11.3. The quantitative estimate of drug-likeness (QED) is 0.695. The van der Waals surface area contributed by atoms with Crippen LogP contribution in [-0.4, -0.2) is 6.03 Å². The summed E-state index contributed by atoms with van der Waals surface area (Å²) in [5, 5.41) is 2.82. The summed E-state index contributed by atoms with van der Waals surface area (Å²) in [6.45, 7) is 2.02. The predicted molar refractivity (Wildman–Crippen MR) is 72.8 cm³/mol. The second-order valence-electron chi connectivity index (χ2n) is 4.63. The number of nitrogens with two attached hydrogens (primary N) is 2. The van der Waals surface area contributed by atoms with Gasteiger partial charge in [0.1, 0.15) is 0 Å². The van der Waals surface area contributed by atoms with Crippen LogP contribution in [0.4, 0.5) is 10.5 Å². The summed E-state index contributed by atoms with van der Waals surface area (Å²) in [4.78, 5) is 11.3. The summed E-state index contributed by atoms with van der Waals surface area (Å²) in [5.74, 6) is 0. The van der Waals surface area contributed by atoms with Gasteiger partial charge in [0.25, 0.3) is 0 Å². The van der Waals surface area contributed by atoms with Crippen molar-refractivity contribution in [3.63, 3.8) is 0 Å². The molecule has 1 unspecified atom stereocenters. The maximum absolute atomic E-state index is 11.3. The molecule has 1 atom stereocenters. The lowest BCUT2D eigenvalue weighted by Gasteiger charge is -2.34. The number of carbonyl (C=O) groups is 1. The maximum Gasteiger partial charge on any atom is 0.313 e. The normalized spacial score (nSPS) is 22.4. The molecule has 0 aromatic heterocycles. The van der Waals surface area contributed by atoms with Crippen LogP contribution < -0.4 is 16.8 Å². The number of rotatable bonds is 2. The Morgan fingerprint density at radius 2 is 2.22 bits per heavy atom. The predicted octanol–water partition coefficient (Wildman–Crippen LogP) is 2.04. The zero-order valence-electron chi connectivity index (χ0n) is 10.3. The Kier molecular flexibility index (Phi) is 3.10. The molecule has 5 N–H and O–H groups in total. The fourth-order valence-corrected chi connectivity index (χ4v) is 2.33. The van der Waals surface area contributed by atoms with Crippen LogP contribution in [0.5, 0.6) is 0 Å². The zero-order chi connectivity index (χ0) is 13.2. The highest BCUT2D eigenvalue weighted by Gasteiger charge is 2.32. The van der Waals surface area contributed by atoms with Gasteiger partial charge in [0.05, 0.1) is 5.54 Å². The topological polar surface area (TPSA) is 81.1 Å². The van der Waals surface area contributed by atoms with Crippen LogP contribution in [0.15, 0.2) is 48.1 Å². The Morgan fingerprint density at radius 1 is 1.44 bits per heavy atom. The largest absolute Gasteiger partial charge is 0.399 e. The Labute approximate surface area is 106 Å². The van der Waals surface area contributed by atoms with Crippen LogP contribution in [0.3, 0.4) is 0 Å². The second-order valence-corrected chi connectivity index (χ2v) is 4.63. The third kappa shape index (κ3) is 2.37. The molecule has 0 radical (unpaired) electrons. The van der Waals surface area contributed by atoms with Crippen LogP contribution in [0.2, 0.25) is 0 Å². The molecule has 1 aliphatic carbocycles. The molecule has 2 rings (SSSR count). The van der Waals surface area contributed by atoms with Gasteiger partial charge in [-0.3, -0.25) is 0 Å². The van der Waals surface area contributed by atoms with E-state index in [-0.39, 0.29) is 0 Å². The number of nitrogen functional groups attached to an aromatic ring is 1. The van der Waals surface area contributed by atoms with Gasteiger partial charge in [-0.15, -0.1) is 0 Å². The molecule has 0 heterocycles. The Morgan fingerprint density at radius 3 is 2.83 bits per heavy atom. The molecule has 1 aromatic rings. The lowest BCUT2D eigenvalue weighted by Crippen LogP contribution is -2.47. The summed E-state index contributed by atoms with van der Waals surface area (Å²) < 4.78 is 0. The van der Waals surface area contributed by atoms with Gasteiger partial charge in [-0.2, -0.15) is 0 Å². The van der Waals surface area contributed by atoms with Gasteiger partial charge in [-0.05, 0) is 31.0 Å². The number of hydrogen-bond acceptors (Lipinski definition) is 2. The molecule has 1 aromatic carbocycles. The standard InChI is InChI=1S/C14H17N3O/c1-10-4-3-7-14(9-10,17-13(16)18)11-5-2-6-12(15)8-11/h2-8H,9,15H2,1H3,(H3,16,17,18). The van der Waals surface area contributed by atoms with Gasteiger partial charge in [0, 0.05) is 5.69 Å². The SMILES string of the molecule is CC1=CC=CC(NC(N)=O)(c2cccc(N)c2)C1. The van der Waals surface area contributed by atoms with Crippen LogP contribution in [0, 0.1) is 0 Å². The molecular weight excluding hydrogens is 226 g/mol. The summed E-state index contributed by atoms with van der Waals surface area (Å²) in [6.07, 6.45) is 6.58. The van der Waals surface area contributed by atoms with Crippen LogP contribution >= 0.6 is 0 Å². The molecule has 0 bridgehead atoms. The van der Waals surface area contributed by atoms with Crippen LogP contribution in [0.25, 0.3) is 0 Å². The van der Waals surface area contributed by atoms with E-state index < -0.39 is 11.6 Å². The highest BCUT2D eigenvalue weighted by atomic mass is 16.2. The lowest BCUT2D eigenvalue weighted by atomic mass is 9.81. The second kappa shape index (κ2) is 4.56. The average Bonchev–Trinajstić information content (AvgIpc) is 2.28. The number of nitrogens with one attached hydrogen (secondary N) is 1. The summed E-state index contributed by atoms with van der Waals surface area (Å²) in [7, 11) is 0. The van der Waals surface area contributed by atoms with Crippen molar-refractivity contribution in [1.29, 1.82) is 0 Å². The molecule has 4 heteroatoms. The summed E-state index contributed by atoms with van der Waals surface area (Å²) in [6, 6.07) is 6.94. The van der Waals surface area contributed by atoms with Crippen LogP contribution in [-0.2, 0) is 5.54 Å². The number of urea groups is 1. The number of primary amides is 1. The first-order chi connectivity index (χ1) is 8.52. The molecule has 0 saturated carbocycles. The van der Waals surface area contributed by atoms with Gasteiger partial charge in [-0.25, -0.2) is 4.79 Å². The smallest absolute Gasteiger partial charge is 0.313 e. The van der Waals surface area contributed by atoms with E-state index in [1.807, 2.05) is 49.4 Å². The summed E-state index contributed by atoms with van der Waals surface area (Å²) in [5.41, 5.74) is 13.3. The van der Waals surface area contributed by atoms with Crippen molar-refractivity contribution in [1.82, 2.24) is 5.32 Å². The zero-order valence-corrected chi connectivity index (χ0v) is 10.3. The molecule has 18 heavy (non-hydrogen) atoms. The van der Waals surface area contributed by atoms with Gasteiger partial charge >= 0.3 is 6.03 Å². The first-order valence-corrected chi connectivity index (χ1v) is 5.80. The Bertz CT molecular complexity index is 530. The fraction of sp³-hybridized carbons (Fsp3) is 0.214. The first-order valence-electron chi connectivity index (χ1n) is 5.80. The Balaban J connectivity index is 2.46. The average molecular weight is 243 g/mol. The van der Waals surface area contributed by atoms with E-state index in [4.69, 9.17) is 11.5 Å². The molecule has 2 amide bonds. The number of benzene rings is 1. The molecule has 0 aliphatic heterocycles. The number of allylic oxidation sites excluding steroid dienone is 2. The van der Waals surface area contributed by atoms with Crippen molar-refractivity contribution in [3.05, 3.63) is 53.6 Å². The van der Waals surface area contributed by atoms with E-state index in [0.29, 0.717) is 12.1 Å². The van der Waals surface area contributed by atoms with Gasteiger partial charge < -0.3 is 16.8 Å². The molecule has 0 fully saturated rings. The molecule has 0 spiro atoms. The molecule has 4 nitrogen and oxygen atoms in total. The highest BCUT2D eigenvalue weighted by Crippen LogP contribution is 2.33. The minimum atomic E-state index is -0.597. The van der Waals surface area contributed by atoms with Crippen molar-refractivity contribution < 1.29 is 4.79 Å². The van der Waals surface area contributed by atoms with Crippen molar-refractivity contribution in [3.8, 4) is 0 Å². The molecular formula is C14H17N3O. The molecule has 94 valence electrons. The minimum Gasteiger partial charge on any atom is -0.399 e. The monoisotopic (exact) mass is 243 g/mol.